The summed E-state index contributed by atoms with van der Waals surface area (Å²) in [5, 5.41) is 0. The Balaban J connectivity index is 1.46. The Morgan fingerprint density at radius 2 is 1.77 bits per heavy atom. The van der Waals surface area contributed by atoms with Crippen molar-refractivity contribution in [2.75, 3.05) is 24.5 Å². The average Bonchev–Trinajstić information content (AvgIpc) is 2.77. The van der Waals surface area contributed by atoms with E-state index in [1.807, 2.05) is 29.2 Å². The fourth-order valence-corrected chi connectivity index (χ4v) is 4.35. The van der Waals surface area contributed by atoms with E-state index in [0.29, 0.717) is 24.2 Å². The fourth-order valence-electron chi connectivity index (χ4n) is 4.35. The van der Waals surface area contributed by atoms with Crippen LogP contribution >= 0.6 is 0 Å². The Morgan fingerprint density at radius 1 is 1.00 bits per heavy atom. The number of hydrogen-bond donors (Lipinski definition) is 0. The number of anilines is 1. The molecule has 2 aromatic rings. The Kier molecular flexibility index (Phi) is 6.02. The Morgan fingerprint density at radius 3 is 2.50 bits per heavy atom. The molecule has 2 aromatic carbocycles. The number of hydrogen-bond acceptors (Lipinski definition) is 2. The van der Waals surface area contributed by atoms with E-state index in [1.165, 1.54) is 12.5 Å². The van der Waals surface area contributed by atoms with Crippen LogP contribution in [-0.2, 0) is 6.54 Å². The summed E-state index contributed by atoms with van der Waals surface area (Å²) in [5.74, 6) is -0.239. The monoisotopic (exact) mass is 409 g/mol. The van der Waals surface area contributed by atoms with E-state index in [1.54, 1.807) is 28.0 Å². The van der Waals surface area contributed by atoms with E-state index < -0.39 is 0 Å². The molecule has 30 heavy (non-hydrogen) atoms. The number of likely N-dealkylation sites (tertiary alicyclic amines) is 1. The lowest BCUT2D eigenvalue weighted by molar-refractivity contribution is 0.0635. The SMILES string of the molecule is C[C@@H]1CCCCN1C(=O)c1ccc(N2CCCN(Cc3ccccc3F)C2=O)cc1. The van der Waals surface area contributed by atoms with Gasteiger partial charge >= 0.3 is 6.03 Å². The van der Waals surface area contributed by atoms with Crippen LogP contribution in [0, 0.1) is 5.82 Å². The number of halogens is 1. The van der Waals surface area contributed by atoms with Crippen LogP contribution in [0.25, 0.3) is 0 Å². The zero-order valence-electron chi connectivity index (χ0n) is 17.4. The Bertz CT molecular complexity index is 915. The van der Waals surface area contributed by atoms with Crippen LogP contribution in [0.1, 0.15) is 48.5 Å². The number of benzene rings is 2. The summed E-state index contributed by atoms with van der Waals surface area (Å²) in [5.41, 5.74) is 1.94. The lowest BCUT2D eigenvalue weighted by atomic mass is 10.0. The van der Waals surface area contributed by atoms with Crippen molar-refractivity contribution < 1.29 is 14.0 Å². The zero-order valence-corrected chi connectivity index (χ0v) is 17.4. The third-order valence-electron chi connectivity index (χ3n) is 6.12. The largest absolute Gasteiger partial charge is 0.336 e. The highest BCUT2D eigenvalue weighted by atomic mass is 19.1. The highest BCUT2D eigenvalue weighted by Crippen LogP contribution is 2.24. The van der Waals surface area contributed by atoms with Crippen molar-refractivity contribution in [3.05, 3.63) is 65.5 Å². The molecule has 0 bridgehead atoms. The molecule has 5 nitrogen and oxygen atoms in total. The van der Waals surface area contributed by atoms with E-state index in [0.717, 1.165) is 31.5 Å². The van der Waals surface area contributed by atoms with Crippen LogP contribution in [-0.4, -0.2) is 47.4 Å². The predicted molar refractivity (Wildman–Crippen MR) is 115 cm³/mol. The lowest BCUT2D eigenvalue weighted by Crippen LogP contribution is -2.49. The quantitative estimate of drug-likeness (QED) is 0.736. The average molecular weight is 410 g/mol. The lowest BCUT2D eigenvalue weighted by Gasteiger charge is -2.36. The van der Waals surface area contributed by atoms with Gasteiger partial charge in [0.25, 0.3) is 5.91 Å². The van der Waals surface area contributed by atoms with Gasteiger partial charge in [-0.1, -0.05) is 18.2 Å². The highest BCUT2D eigenvalue weighted by Gasteiger charge is 2.28. The number of amides is 3. The summed E-state index contributed by atoms with van der Waals surface area (Å²) in [6.07, 6.45) is 4.08. The van der Waals surface area contributed by atoms with Gasteiger partial charge in [0.1, 0.15) is 5.82 Å². The molecule has 2 aliphatic heterocycles. The second-order valence-corrected chi connectivity index (χ2v) is 8.19. The highest BCUT2D eigenvalue weighted by molar-refractivity contribution is 5.96. The van der Waals surface area contributed by atoms with Gasteiger partial charge in [0.15, 0.2) is 0 Å². The minimum atomic E-state index is -0.294. The molecule has 2 saturated heterocycles. The topological polar surface area (TPSA) is 43.9 Å². The number of nitrogens with zero attached hydrogens (tertiary/aromatic N) is 3. The van der Waals surface area contributed by atoms with E-state index >= 15 is 0 Å². The molecule has 3 amide bonds. The summed E-state index contributed by atoms with van der Waals surface area (Å²) in [6, 6.07) is 14.0. The number of piperidine rings is 1. The first-order chi connectivity index (χ1) is 14.5. The number of rotatable bonds is 4. The van der Waals surface area contributed by atoms with Gasteiger partial charge in [-0.25, -0.2) is 9.18 Å². The van der Waals surface area contributed by atoms with Crippen molar-refractivity contribution >= 4 is 17.6 Å². The number of carbonyl (C=O) groups is 2. The van der Waals surface area contributed by atoms with Gasteiger partial charge in [0.2, 0.25) is 0 Å². The molecule has 0 aromatic heterocycles. The van der Waals surface area contributed by atoms with Crippen LogP contribution in [0.5, 0.6) is 0 Å². The van der Waals surface area contributed by atoms with Crippen LogP contribution in [0.3, 0.4) is 0 Å². The van der Waals surface area contributed by atoms with Crippen molar-refractivity contribution in [2.24, 2.45) is 0 Å². The molecule has 0 spiro atoms. The molecule has 2 heterocycles. The molecule has 2 aliphatic rings. The molecule has 0 radical (unpaired) electrons. The summed E-state index contributed by atoms with van der Waals surface area (Å²) >= 11 is 0. The molecule has 158 valence electrons. The fraction of sp³-hybridized carbons (Fsp3) is 0.417. The Hall–Kier alpha value is -2.89. The molecule has 4 rings (SSSR count). The van der Waals surface area contributed by atoms with Crippen molar-refractivity contribution in [2.45, 2.75) is 45.2 Å². The third kappa shape index (κ3) is 4.18. The summed E-state index contributed by atoms with van der Waals surface area (Å²) < 4.78 is 14.0. The molecular weight excluding hydrogens is 381 g/mol. The van der Waals surface area contributed by atoms with Gasteiger partial charge in [-0.3, -0.25) is 9.69 Å². The molecule has 0 aliphatic carbocycles. The summed E-state index contributed by atoms with van der Waals surface area (Å²) in [4.78, 5) is 31.2. The van der Waals surface area contributed by atoms with Crippen LogP contribution in [0.4, 0.5) is 14.9 Å². The van der Waals surface area contributed by atoms with Gasteiger partial charge in [-0.15, -0.1) is 0 Å². The zero-order chi connectivity index (χ0) is 21.1. The van der Waals surface area contributed by atoms with Crippen molar-refractivity contribution in [3.63, 3.8) is 0 Å². The molecule has 0 unspecified atom stereocenters. The molecule has 0 saturated carbocycles. The maximum absolute atomic E-state index is 14.0. The van der Waals surface area contributed by atoms with Crippen LogP contribution < -0.4 is 4.90 Å². The van der Waals surface area contributed by atoms with Crippen molar-refractivity contribution in [1.29, 1.82) is 0 Å². The first kappa shape index (κ1) is 20.4. The van der Waals surface area contributed by atoms with Crippen molar-refractivity contribution in [1.82, 2.24) is 9.80 Å². The van der Waals surface area contributed by atoms with E-state index in [-0.39, 0.29) is 30.3 Å². The maximum Gasteiger partial charge on any atom is 0.324 e. The van der Waals surface area contributed by atoms with Gasteiger partial charge < -0.3 is 9.80 Å². The van der Waals surface area contributed by atoms with Crippen LogP contribution in [0.2, 0.25) is 0 Å². The summed E-state index contributed by atoms with van der Waals surface area (Å²) in [7, 11) is 0. The van der Waals surface area contributed by atoms with E-state index in [9.17, 15) is 14.0 Å². The van der Waals surface area contributed by atoms with Gasteiger partial charge in [0, 0.05) is 42.5 Å². The first-order valence-corrected chi connectivity index (χ1v) is 10.8. The van der Waals surface area contributed by atoms with Gasteiger partial charge in [-0.2, -0.15) is 0 Å². The second kappa shape index (κ2) is 8.86. The third-order valence-corrected chi connectivity index (χ3v) is 6.12. The summed E-state index contributed by atoms with van der Waals surface area (Å²) in [6.45, 7) is 4.38. The Labute approximate surface area is 177 Å². The van der Waals surface area contributed by atoms with E-state index in [2.05, 4.69) is 6.92 Å². The molecular formula is C24H28FN3O2. The number of carbonyl (C=O) groups excluding carboxylic acids is 2. The predicted octanol–water partition coefficient (Wildman–Crippen LogP) is 4.67. The molecule has 6 heteroatoms. The van der Waals surface area contributed by atoms with Gasteiger partial charge in [0.05, 0.1) is 6.54 Å². The van der Waals surface area contributed by atoms with Gasteiger partial charge in [-0.05, 0) is 62.9 Å². The maximum atomic E-state index is 14.0. The number of urea groups is 1. The minimum Gasteiger partial charge on any atom is -0.336 e. The molecule has 0 N–H and O–H groups in total. The molecule has 1 atom stereocenters. The minimum absolute atomic E-state index is 0.0555. The standard InChI is InChI=1S/C24H28FN3O2/c1-18-7-4-5-15-27(18)23(29)19-10-12-21(13-11-19)28-16-6-14-26(24(28)30)17-20-8-2-3-9-22(20)25/h2-3,8-13,18H,4-7,14-17H2,1H3/t18-/m1/s1. The van der Waals surface area contributed by atoms with Crippen molar-refractivity contribution in [3.8, 4) is 0 Å². The second-order valence-electron chi connectivity index (χ2n) is 8.19. The van der Waals surface area contributed by atoms with E-state index in [4.69, 9.17) is 0 Å². The first-order valence-electron chi connectivity index (χ1n) is 10.8. The normalized spacial score (nSPS) is 19.9. The van der Waals surface area contributed by atoms with Crippen LogP contribution in [0.15, 0.2) is 48.5 Å². The molecule has 2 fully saturated rings. The smallest absolute Gasteiger partial charge is 0.324 e.